The first kappa shape index (κ1) is 10.7. The van der Waals surface area contributed by atoms with E-state index in [4.69, 9.17) is 0 Å². The van der Waals surface area contributed by atoms with Crippen LogP contribution in [0.5, 0.6) is 0 Å². The Morgan fingerprint density at radius 1 is 1.25 bits per heavy atom. The van der Waals surface area contributed by atoms with Crippen LogP contribution >= 0.6 is 0 Å². The van der Waals surface area contributed by atoms with Gasteiger partial charge in [0.15, 0.2) is 0 Å². The average molecular weight is 216 g/mol. The van der Waals surface area contributed by atoms with Gasteiger partial charge in [0, 0.05) is 11.3 Å². The molecule has 0 aliphatic carbocycles. The zero-order valence-corrected chi connectivity index (χ0v) is 9.66. The van der Waals surface area contributed by atoms with Crippen molar-refractivity contribution in [2.45, 2.75) is 26.7 Å². The number of nitrogens with zero attached hydrogens (tertiary/aromatic N) is 1. The molecule has 0 radical (unpaired) electrons. The largest absolute Gasteiger partial charge is 0.268 e. The third kappa shape index (κ3) is 1.81. The Hall–Kier alpha value is -1.77. The van der Waals surface area contributed by atoms with Crippen molar-refractivity contribution in [2.75, 3.05) is 0 Å². The standard InChI is InChI=1S/C13H16N2O/c1-3-7-12-10(2)15(14-13(12)16)11-8-5-4-6-9-11/h4-6,8-9H,3,7H2,1-2H3,(H,14,16). The molecular formula is C13H16N2O. The van der Waals surface area contributed by atoms with Gasteiger partial charge in [-0.1, -0.05) is 31.5 Å². The fraction of sp³-hybridized carbons (Fsp3) is 0.308. The summed E-state index contributed by atoms with van der Waals surface area (Å²) in [6.45, 7) is 4.06. The molecule has 0 unspecified atom stereocenters. The van der Waals surface area contributed by atoms with Crippen molar-refractivity contribution >= 4 is 0 Å². The van der Waals surface area contributed by atoms with Crippen LogP contribution < -0.4 is 5.56 Å². The highest BCUT2D eigenvalue weighted by molar-refractivity contribution is 5.34. The van der Waals surface area contributed by atoms with Gasteiger partial charge in [-0.25, -0.2) is 0 Å². The van der Waals surface area contributed by atoms with Crippen molar-refractivity contribution in [3.8, 4) is 5.69 Å². The van der Waals surface area contributed by atoms with Crippen molar-refractivity contribution < 1.29 is 0 Å². The molecule has 1 N–H and O–H groups in total. The van der Waals surface area contributed by atoms with Crippen LogP contribution in [-0.2, 0) is 6.42 Å². The van der Waals surface area contributed by atoms with Crippen LogP contribution in [0.4, 0.5) is 0 Å². The molecule has 84 valence electrons. The smallest absolute Gasteiger partial charge is 0.267 e. The lowest BCUT2D eigenvalue weighted by Gasteiger charge is -2.05. The highest BCUT2D eigenvalue weighted by atomic mass is 16.1. The SMILES string of the molecule is CCCc1c(C)n(-c2ccccc2)[nH]c1=O. The third-order valence-electron chi connectivity index (χ3n) is 2.77. The van der Waals surface area contributed by atoms with Crippen molar-refractivity contribution in [1.82, 2.24) is 9.78 Å². The highest BCUT2D eigenvalue weighted by Crippen LogP contribution is 2.11. The molecule has 2 aromatic rings. The topological polar surface area (TPSA) is 37.8 Å². The summed E-state index contributed by atoms with van der Waals surface area (Å²) in [5.74, 6) is 0. The second-order valence-corrected chi connectivity index (χ2v) is 3.93. The highest BCUT2D eigenvalue weighted by Gasteiger charge is 2.10. The number of hydrogen-bond acceptors (Lipinski definition) is 1. The normalized spacial score (nSPS) is 10.6. The maximum atomic E-state index is 11.7. The molecule has 3 nitrogen and oxygen atoms in total. The number of aromatic amines is 1. The number of benzene rings is 1. The summed E-state index contributed by atoms with van der Waals surface area (Å²) >= 11 is 0. The summed E-state index contributed by atoms with van der Waals surface area (Å²) in [5, 5.41) is 2.88. The first-order valence-corrected chi connectivity index (χ1v) is 5.60. The van der Waals surface area contributed by atoms with E-state index in [1.54, 1.807) is 0 Å². The molecule has 3 heteroatoms. The minimum atomic E-state index is 0.0307. The van der Waals surface area contributed by atoms with E-state index < -0.39 is 0 Å². The van der Waals surface area contributed by atoms with E-state index in [0.29, 0.717) is 0 Å². The second-order valence-electron chi connectivity index (χ2n) is 3.93. The Balaban J connectivity index is 2.52. The molecule has 16 heavy (non-hydrogen) atoms. The number of para-hydroxylation sites is 1. The molecule has 1 heterocycles. The Bertz CT molecular complexity index is 523. The first-order valence-electron chi connectivity index (χ1n) is 5.60. The molecule has 2 rings (SSSR count). The lowest BCUT2D eigenvalue weighted by atomic mass is 10.1. The Morgan fingerprint density at radius 3 is 2.56 bits per heavy atom. The van der Waals surface area contributed by atoms with Gasteiger partial charge in [-0.2, -0.15) is 0 Å². The van der Waals surface area contributed by atoms with Crippen molar-refractivity contribution in [3.63, 3.8) is 0 Å². The maximum Gasteiger partial charge on any atom is 0.267 e. The summed E-state index contributed by atoms with van der Waals surface area (Å²) in [7, 11) is 0. The van der Waals surface area contributed by atoms with Crippen LogP contribution in [0.3, 0.4) is 0 Å². The lowest BCUT2D eigenvalue weighted by molar-refractivity contribution is 0.831. The van der Waals surface area contributed by atoms with Gasteiger partial charge in [-0.3, -0.25) is 14.6 Å². The van der Waals surface area contributed by atoms with Gasteiger partial charge in [0.2, 0.25) is 0 Å². The summed E-state index contributed by atoms with van der Waals surface area (Å²) in [6, 6.07) is 9.86. The number of H-pyrrole nitrogens is 1. The van der Waals surface area contributed by atoms with Crippen molar-refractivity contribution in [3.05, 3.63) is 51.9 Å². The minimum Gasteiger partial charge on any atom is -0.268 e. The van der Waals surface area contributed by atoms with Crippen molar-refractivity contribution in [1.29, 1.82) is 0 Å². The molecule has 1 aromatic heterocycles. The van der Waals surface area contributed by atoms with Gasteiger partial charge in [-0.15, -0.1) is 0 Å². The second kappa shape index (κ2) is 4.39. The van der Waals surface area contributed by atoms with Crippen LogP contribution in [0, 0.1) is 6.92 Å². The van der Waals surface area contributed by atoms with Crippen LogP contribution in [0.25, 0.3) is 5.69 Å². The number of rotatable bonds is 3. The number of aromatic nitrogens is 2. The third-order valence-corrected chi connectivity index (χ3v) is 2.77. The molecule has 1 aromatic carbocycles. The van der Waals surface area contributed by atoms with Crippen LogP contribution in [-0.4, -0.2) is 9.78 Å². The van der Waals surface area contributed by atoms with Crippen molar-refractivity contribution in [2.24, 2.45) is 0 Å². The van der Waals surface area contributed by atoms with Crippen LogP contribution in [0.15, 0.2) is 35.1 Å². The Morgan fingerprint density at radius 2 is 1.94 bits per heavy atom. The summed E-state index contributed by atoms with van der Waals surface area (Å²) in [4.78, 5) is 11.7. The Kier molecular flexibility index (Phi) is 2.95. The molecule has 0 atom stereocenters. The van der Waals surface area contributed by atoms with E-state index in [1.807, 2.05) is 41.9 Å². The average Bonchev–Trinajstić information content (AvgIpc) is 2.59. The van der Waals surface area contributed by atoms with Gasteiger partial charge in [0.25, 0.3) is 5.56 Å². The fourth-order valence-corrected chi connectivity index (χ4v) is 1.93. The zero-order chi connectivity index (χ0) is 11.5. The number of nitrogens with one attached hydrogen (secondary N) is 1. The predicted molar refractivity (Wildman–Crippen MR) is 65.1 cm³/mol. The van der Waals surface area contributed by atoms with Gasteiger partial charge in [-0.05, 0) is 25.5 Å². The lowest BCUT2D eigenvalue weighted by Crippen LogP contribution is -2.06. The summed E-state index contributed by atoms with van der Waals surface area (Å²) < 4.78 is 1.85. The fourth-order valence-electron chi connectivity index (χ4n) is 1.93. The number of hydrogen-bond donors (Lipinski definition) is 1. The molecule has 0 saturated heterocycles. The van der Waals surface area contributed by atoms with E-state index in [-0.39, 0.29) is 5.56 Å². The molecule has 0 aliphatic heterocycles. The van der Waals surface area contributed by atoms with Gasteiger partial charge >= 0.3 is 0 Å². The minimum absolute atomic E-state index is 0.0307. The van der Waals surface area contributed by atoms with E-state index in [0.717, 1.165) is 29.8 Å². The predicted octanol–water partition coefficient (Wildman–Crippen LogP) is 2.43. The van der Waals surface area contributed by atoms with E-state index in [9.17, 15) is 4.79 Å². The molecular weight excluding hydrogens is 200 g/mol. The van der Waals surface area contributed by atoms with E-state index in [1.165, 1.54) is 0 Å². The molecule has 0 aliphatic rings. The zero-order valence-electron chi connectivity index (χ0n) is 9.66. The molecule has 0 saturated carbocycles. The maximum absolute atomic E-state index is 11.7. The molecule has 0 fully saturated rings. The van der Waals surface area contributed by atoms with E-state index in [2.05, 4.69) is 12.0 Å². The molecule has 0 bridgehead atoms. The summed E-state index contributed by atoms with van der Waals surface area (Å²) in [6.07, 6.45) is 1.82. The van der Waals surface area contributed by atoms with Gasteiger partial charge in [0.05, 0.1) is 5.69 Å². The molecule has 0 spiro atoms. The monoisotopic (exact) mass is 216 g/mol. The van der Waals surface area contributed by atoms with Gasteiger partial charge < -0.3 is 0 Å². The van der Waals surface area contributed by atoms with E-state index >= 15 is 0 Å². The Labute approximate surface area is 94.7 Å². The first-order chi connectivity index (χ1) is 7.74. The van der Waals surface area contributed by atoms with Crippen LogP contribution in [0.2, 0.25) is 0 Å². The van der Waals surface area contributed by atoms with Crippen LogP contribution in [0.1, 0.15) is 24.6 Å². The molecule has 0 amide bonds. The quantitative estimate of drug-likeness (QED) is 0.840. The summed E-state index contributed by atoms with van der Waals surface area (Å²) in [5.41, 5.74) is 2.94. The van der Waals surface area contributed by atoms with Gasteiger partial charge in [0.1, 0.15) is 0 Å².